The monoisotopic (exact) mass is 359 g/mol. The van der Waals surface area contributed by atoms with E-state index in [0.29, 0.717) is 12.5 Å². The maximum atomic E-state index is 12.8. The van der Waals surface area contributed by atoms with Crippen molar-refractivity contribution < 1.29 is 14.3 Å². The lowest BCUT2D eigenvalue weighted by Gasteiger charge is -2.29. The smallest absolute Gasteiger partial charge is 0.317 e. The summed E-state index contributed by atoms with van der Waals surface area (Å²) in [5.74, 6) is 2.17. The van der Waals surface area contributed by atoms with Gasteiger partial charge in [0.05, 0.1) is 13.2 Å². The predicted octanol–water partition coefficient (Wildman–Crippen LogP) is 2.12. The second kappa shape index (κ2) is 7.35. The number of hydrogen-bond donors (Lipinski definition) is 1. The molecule has 1 aliphatic carbocycles. The molecule has 0 bridgehead atoms. The van der Waals surface area contributed by atoms with Crippen molar-refractivity contribution in [2.75, 3.05) is 39.9 Å². The molecule has 26 heavy (non-hydrogen) atoms. The number of benzene rings is 1. The van der Waals surface area contributed by atoms with E-state index in [-0.39, 0.29) is 12.1 Å². The number of hydrogen-bond acceptors (Lipinski definition) is 4. The highest BCUT2D eigenvalue weighted by molar-refractivity contribution is 5.74. The molecule has 2 unspecified atom stereocenters. The molecule has 4 rings (SSSR count). The van der Waals surface area contributed by atoms with Crippen molar-refractivity contribution in [1.82, 2.24) is 15.1 Å². The number of carbonyl (C=O) groups excluding carboxylic acids is 1. The van der Waals surface area contributed by atoms with Gasteiger partial charge in [-0.25, -0.2) is 4.79 Å². The summed E-state index contributed by atoms with van der Waals surface area (Å²) in [7, 11) is 1.65. The Bertz CT molecular complexity index is 662. The SMILES string of the molecule is COc1ccc2c(c1)OCC(NC(=O)N1CCN(C3CC3)CC(C)C1)C2. The zero-order chi connectivity index (χ0) is 18.1. The highest BCUT2D eigenvalue weighted by Crippen LogP contribution is 2.30. The Hall–Kier alpha value is -1.95. The van der Waals surface area contributed by atoms with E-state index in [2.05, 4.69) is 17.1 Å². The normalized spacial score (nSPS) is 26.5. The summed E-state index contributed by atoms with van der Waals surface area (Å²) in [6.07, 6.45) is 3.44. The van der Waals surface area contributed by atoms with Gasteiger partial charge in [0.15, 0.2) is 0 Å². The van der Waals surface area contributed by atoms with E-state index < -0.39 is 0 Å². The van der Waals surface area contributed by atoms with Crippen LogP contribution in [-0.4, -0.2) is 67.8 Å². The molecule has 2 fully saturated rings. The van der Waals surface area contributed by atoms with Crippen LogP contribution in [0.25, 0.3) is 0 Å². The summed E-state index contributed by atoms with van der Waals surface area (Å²) < 4.78 is 11.1. The first kappa shape index (κ1) is 17.5. The molecule has 0 spiro atoms. The molecule has 1 saturated heterocycles. The van der Waals surface area contributed by atoms with Crippen molar-refractivity contribution >= 4 is 6.03 Å². The third-order valence-corrected chi connectivity index (χ3v) is 5.59. The first-order chi connectivity index (χ1) is 12.6. The number of urea groups is 1. The summed E-state index contributed by atoms with van der Waals surface area (Å²) >= 11 is 0. The first-order valence-corrected chi connectivity index (χ1v) is 9.71. The predicted molar refractivity (Wildman–Crippen MR) is 99.8 cm³/mol. The molecule has 0 radical (unpaired) electrons. The summed E-state index contributed by atoms with van der Waals surface area (Å²) in [6.45, 7) is 6.49. The number of methoxy groups -OCH3 is 1. The van der Waals surface area contributed by atoms with Crippen molar-refractivity contribution in [3.05, 3.63) is 23.8 Å². The van der Waals surface area contributed by atoms with E-state index >= 15 is 0 Å². The molecule has 1 saturated carbocycles. The highest BCUT2D eigenvalue weighted by atomic mass is 16.5. The fourth-order valence-corrected chi connectivity index (χ4v) is 4.06. The molecular weight excluding hydrogens is 330 g/mol. The maximum absolute atomic E-state index is 12.8. The van der Waals surface area contributed by atoms with Crippen molar-refractivity contribution in [3.63, 3.8) is 0 Å². The fraction of sp³-hybridized carbons (Fsp3) is 0.650. The van der Waals surface area contributed by atoms with E-state index in [1.54, 1.807) is 7.11 Å². The number of ether oxygens (including phenoxy) is 2. The molecule has 3 aliphatic rings. The molecule has 2 aliphatic heterocycles. The van der Waals surface area contributed by atoms with Gasteiger partial charge in [-0.15, -0.1) is 0 Å². The van der Waals surface area contributed by atoms with Crippen molar-refractivity contribution in [3.8, 4) is 11.5 Å². The highest BCUT2D eigenvalue weighted by Gasteiger charge is 2.33. The zero-order valence-electron chi connectivity index (χ0n) is 15.7. The van der Waals surface area contributed by atoms with E-state index in [1.807, 2.05) is 23.1 Å². The number of carbonyl (C=O) groups is 1. The quantitative estimate of drug-likeness (QED) is 0.898. The van der Waals surface area contributed by atoms with Crippen molar-refractivity contribution in [1.29, 1.82) is 0 Å². The lowest BCUT2D eigenvalue weighted by Crippen LogP contribution is -2.50. The second-order valence-electron chi connectivity index (χ2n) is 7.91. The minimum absolute atomic E-state index is 0.0153. The van der Waals surface area contributed by atoms with E-state index in [4.69, 9.17) is 9.47 Å². The van der Waals surface area contributed by atoms with Crippen LogP contribution in [0, 0.1) is 5.92 Å². The van der Waals surface area contributed by atoms with Crippen LogP contribution < -0.4 is 14.8 Å². The molecule has 0 aromatic heterocycles. The van der Waals surface area contributed by atoms with Gasteiger partial charge < -0.3 is 19.7 Å². The molecule has 6 heteroatoms. The minimum atomic E-state index is 0.0153. The van der Waals surface area contributed by atoms with Crippen molar-refractivity contribution in [2.45, 2.75) is 38.3 Å². The van der Waals surface area contributed by atoms with Gasteiger partial charge >= 0.3 is 6.03 Å². The zero-order valence-corrected chi connectivity index (χ0v) is 15.7. The Balaban J connectivity index is 1.34. The summed E-state index contributed by atoms with van der Waals surface area (Å²) in [5, 5.41) is 3.18. The largest absolute Gasteiger partial charge is 0.497 e. The lowest BCUT2D eigenvalue weighted by atomic mass is 10.0. The molecule has 142 valence electrons. The van der Waals surface area contributed by atoms with E-state index in [0.717, 1.165) is 55.7 Å². The molecule has 1 N–H and O–H groups in total. The first-order valence-electron chi connectivity index (χ1n) is 9.71. The van der Waals surface area contributed by atoms with Gasteiger partial charge in [0.25, 0.3) is 0 Å². The number of nitrogens with one attached hydrogen (secondary N) is 1. The molecular formula is C20H29N3O3. The Morgan fingerprint density at radius 2 is 2.12 bits per heavy atom. The Morgan fingerprint density at radius 1 is 1.27 bits per heavy atom. The molecule has 2 atom stereocenters. The van der Waals surface area contributed by atoms with Crippen LogP contribution in [0.15, 0.2) is 18.2 Å². The number of rotatable bonds is 3. The number of fused-ring (bicyclic) bond motifs is 1. The van der Waals surface area contributed by atoms with Crippen LogP contribution in [0.3, 0.4) is 0 Å². The van der Waals surface area contributed by atoms with Crippen LogP contribution in [-0.2, 0) is 6.42 Å². The third-order valence-electron chi connectivity index (χ3n) is 5.59. The van der Waals surface area contributed by atoms with Gasteiger partial charge in [-0.1, -0.05) is 13.0 Å². The van der Waals surface area contributed by atoms with Crippen molar-refractivity contribution in [2.24, 2.45) is 5.92 Å². The van der Waals surface area contributed by atoms with Gasteiger partial charge in [-0.05, 0) is 36.8 Å². The number of amides is 2. The van der Waals surface area contributed by atoms with Gasteiger partial charge in [0, 0.05) is 38.3 Å². The van der Waals surface area contributed by atoms with Crippen LogP contribution in [0.2, 0.25) is 0 Å². The summed E-state index contributed by atoms with van der Waals surface area (Å²) in [5.41, 5.74) is 1.12. The number of nitrogens with zero attached hydrogens (tertiary/aromatic N) is 2. The molecule has 1 aromatic carbocycles. The second-order valence-corrected chi connectivity index (χ2v) is 7.91. The Labute approximate surface area is 155 Å². The van der Waals surface area contributed by atoms with Gasteiger partial charge in [0.1, 0.15) is 18.1 Å². The average Bonchev–Trinajstić information content (AvgIpc) is 3.48. The van der Waals surface area contributed by atoms with E-state index in [1.165, 1.54) is 12.8 Å². The Morgan fingerprint density at radius 3 is 2.88 bits per heavy atom. The van der Waals surface area contributed by atoms with Gasteiger partial charge in [0.2, 0.25) is 0 Å². The minimum Gasteiger partial charge on any atom is -0.497 e. The van der Waals surface area contributed by atoms with E-state index in [9.17, 15) is 4.79 Å². The topological polar surface area (TPSA) is 54.0 Å². The summed E-state index contributed by atoms with van der Waals surface area (Å²) in [6, 6.07) is 6.70. The van der Waals surface area contributed by atoms with Crippen LogP contribution in [0.4, 0.5) is 4.79 Å². The Kier molecular flexibility index (Phi) is 4.94. The average molecular weight is 359 g/mol. The molecule has 6 nitrogen and oxygen atoms in total. The maximum Gasteiger partial charge on any atom is 0.317 e. The summed E-state index contributed by atoms with van der Waals surface area (Å²) in [4.78, 5) is 17.3. The van der Waals surface area contributed by atoms with Crippen LogP contribution in [0.5, 0.6) is 11.5 Å². The van der Waals surface area contributed by atoms with Gasteiger partial charge in [-0.3, -0.25) is 4.90 Å². The molecule has 1 aromatic rings. The fourth-order valence-electron chi connectivity index (χ4n) is 4.06. The van der Waals surface area contributed by atoms with Crippen LogP contribution >= 0.6 is 0 Å². The van der Waals surface area contributed by atoms with Gasteiger partial charge in [-0.2, -0.15) is 0 Å². The van der Waals surface area contributed by atoms with Crippen LogP contribution in [0.1, 0.15) is 25.3 Å². The standard InChI is InChI=1S/C20H29N3O3/c1-14-11-22(17-4-5-17)7-8-23(12-14)20(24)21-16-9-15-3-6-18(25-2)10-19(15)26-13-16/h3,6,10,14,16-17H,4-5,7-9,11-13H2,1-2H3,(H,21,24). The molecule has 2 heterocycles. The third kappa shape index (κ3) is 3.90. The molecule has 2 amide bonds. The lowest BCUT2D eigenvalue weighted by molar-refractivity contribution is 0.178.